The normalized spacial score (nSPS) is 15.6. The molecular formula is C33H38Cl2N4O6. The topological polar surface area (TPSA) is 125 Å². The molecule has 0 spiro atoms. The summed E-state index contributed by atoms with van der Waals surface area (Å²) in [6.07, 6.45) is 8.90. The van der Waals surface area contributed by atoms with Crippen LogP contribution in [0.25, 0.3) is 16.7 Å². The summed E-state index contributed by atoms with van der Waals surface area (Å²) in [4.78, 5) is 49.6. The fourth-order valence-corrected chi connectivity index (χ4v) is 6.08. The number of nitrogens with zero attached hydrogens (tertiary/aromatic N) is 4. The molecule has 2 aromatic carbocycles. The van der Waals surface area contributed by atoms with Crippen molar-refractivity contribution in [2.24, 2.45) is 5.92 Å². The molecule has 1 aliphatic carbocycles. The highest BCUT2D eigenvalue weighted by atomic mass is 35.5. The maximum absolute atomic E-state index is 13.4. The Labute approximate surface area is 271 Å². The molecule has 3 aromatic rings. The van der Waals surface area contributed by atoms with Crippen molar-refractivity contribution >= 4 is 63.5 Å². The number of halogens is 2. The van der Waals surface area contributed by atoms with Gasteiger partial charge in [0.05, 0.1) is 21.1 Å². The van der Waals surface area contributed by atoms with E-state index in [-0.39, 0.29) is 11.6 Å². The number of piperidine rings is 1. The first-order valence-corrected chi connectivity index (χ1v) is 15.9. The number of carbonyl (C=O) groups is 3. The number of likely N-dealkylation sites (tertiary alicyclic amines) is 1. The lowest BCUT2D eigenvalue weighted by atomic mass is 9.95. The Morgan fingerprint density at radius 2 is 1.62 bits per heavy atom. The van der Waals surface area contributed by atoms with Gasteiger partial charge in [-0.05, 0) is 81.4 Å². The number of allylic oxidation sites excluding steroid dienone is 2. The van der Waals surface area contributed by atoms with E-state index in [1.165, 1.54) is 0 Å². The van der Waals surface area contributed by atoms with Crippen LogP contribution >= 0.6 is 23.2 Å². The second kappa shape index (κ2) is 15.9. The zero-order valence-corrected chi connectivity index (χ0v) is 26.7. The number of aliphatic carboxylic acids is 2. The van der Waals surface area contributed by atoms with Crippen LogP contribution in [-0.4, -0.2) is 68.3 Å². The number of carbonyl (C=O) groups excluding carboxylic acids is 1. The highest BCUT2D eigenvalue weighted by molar-refractivity contribution is 6.42. The van der Waals surface area contributed by atoms with Gasteiger partial charge in [0.15, 0.2) is 0 Å². The molecule has 1 saturated heterocycles. The molecule has 1 aliphatic heterocycles. The number of aromatic nitrogens is 2. The summed E-state index contributed by atoms with van der Waals surface area (Å²) in [7, 11) is 0. The van der Waals surface area contributed by atoms with E-state index in [0.29, 0.717) is 47.6 Å². The first-order valence-electron chi connectivity index (χ1n) is 15.1. The molecule has 2 heterocycles. The number of hydrogen-bond donors (Lipinski definition) is 2. The first-order chi connectivity index (χ1) is 21.6. The molecule has 12 heteroatoms. The van der Waals surface area contributed by atoms with E-state index in [1.54, 1.807) is 12.1 Å². The van der Waals surface area contributed by atoms with Gasteiger partial charge in [0.2, 0.25) is 5.91 Å². The number of para-hydroxylation sites is 2. The van der Waals surface area contributed by atoms with Crippen LogP contribution in [0.4, 0.5) is 5.69 Å². The van der Waals surface area contributed by atoms with Gasteiger partial charge in [0.1, 0.15) is 0 Å². The minimum absolute atomic E-state index is 0.0691. The molecule has 5 rings (SSSR count). The first kappa shape index (κ1) is 34.0. The van der Waals surface area contributed by atoms with E-state index >= 15 is 0 Å². The summed E-state index contributed by atoms with van der Waals surface area (Å²) in [6.45, 7) is 5.99. The molecule has 1 fully saturated rings. The van der Waals surface area contributed by atoms with Crippen molar-refractivity contribution in [3.8, 4) is 0 Å². The van der Waals surface area contributed by atoms with Gasteiger partial charge in [0.25, 0.3) is 0 Å². The molecule has 0 bridgehead atoms. The molecule has 0 radical (unpaired) electrons. The van der Waals surface area contributed by atoms with E-state index in [4.69, 9.17) is 33.4 Å². The van der Waals surface area contributed by atoms with Crippen molar-refractivity contribution < 1.29 is 24.6 Å². The van der Waals surface area contributed by atoms with Crippen molar-refractivity contribution in [2.45, 2.75) is 52.0 Å². The summed E-state index contributed by atoms with van der Waals surface area (Å²) in [5.74, 6) is -2.01. The second-order valence-electron chi connectivity index (χ2n) is 11.1. The molecule has 2 N–H and O–H groups in total. The second-order valence-corrected chi connectivity index (χ2v) is 11.9. The van der Waals surface area contributed by atoms with E-state index in [2.05, 4.69) is 23.1 Å². The Morgan fingerprint density at radius 3 is 2.20 bits per heavy atom. The summed E-state index contributed by atoms with van der Waals surface area (Å²) in [6, 6.07) is 13.5. The number of hydrogen-bond acceptors (Lipinski definition) is 5. The summed E-state index contributed by atoms with van der Waals surface area (Å²) in [5.41, 5.74) is 4.01. The number of carboxylic acids is 2. The minimum atomic E-state index is -1.26. The van der Waals surface area contributed by atoms with Crippen LogP contribution < -0.4 is 10.6 Å². The van der Waals surface area contributed by atoms with Crippen LogP contribution in [0.5, 0.6) is 0 Å². The number of imidazole rings is 1. The van der Waals surface area contributed by atoms with E-state index in [1.807, 2.05) is 39.2 Å². The molecule has 0 unspecified atom stereocenters. The number of fused-ring (bicyclic) bond motifs is 1. The quantitative estimate of drug-likeness (QED) is 0.256. The largest absolute Gasteiger partial charge is 0.478 e. The molecule has 1 aromatic heterocycles. The Balaban J connectivity index is 0.000000510. The Morgan fingerprint density at radius 1 is 0.956 bits per heavy atom. The van der Waals surface area contributed by atoms with Crippen LogP contribution in [0.1, 0.15) is 45.4 Å². The third-order valence-electron chi connectivity index (χ3n) is 8.11. The number of rotatable bonds is 10. The third-order valence-corrected chi connectivity index (χ3v) is 8.85. The average molecular weight is 658 g/mol. The van der Waals surface area contributed by atoms with Crippen LogP contribution in [0, 0.1) is 5.92 Å². The lowest BCUT2D eigenvalue weighted by Gasteiger charge is -2.35. The van der Waals surface area contributed by atoms with Gasteiger partial charge in [-0.3, -0.25) is 13.9 Å². The smallest absolute Gasteiger partial charge is 0.333 e. The molecule has 240 valence electrons. The van der Waals surface area contributed by atoms with Gasteiger partial charge in [-0.2, -0.15) is 0 Å². The van der Waals surface area contributed by atoms with Crippen LogP contribution in [0.3, 0.4) is 0 Å². The van der Waals surface area contributed by atoms with Crippen LogP contribution in [-0.2, 0) is 20.9 Å². The summed E-state index contributed by atoms with van der Waals surface area (Å²) < 4.78 is 3.85. The predicted octanol–water partition coefficient (Wildman–Crippen LogP) is 6.00. The fraction of sp³-hybridized carbons (Fsp3) is 0.394. The molecule has 10 nitrogen and oxygen atoms in total. The van der Waals surface area contributed by atoms with Crippen molar-refractivity contribution in [3.05, 3.63) is 81.2 Å². The molecule has 0 saturated carbocycles. The fourth-order valence-electron chi connectivity index (χ4n) is 5.79. The van der Waals surface area contributed by atoms with E-state index in [0.717, 1.165) is 74.2 Å². The number of anilines is 1. The Hall–Kier alpha value is -3.86. The van der Waals surface area contributed by atoms with Gasteiger partial charge in [0, 0.05) is 49.6 Å². The van der Waals surface area contributed by atoms with Gasteiger partial charge in [-0.15, -0.1) is 0 Å². The highest BCUT2D eigenvalue weighted by Crippen LogP contribution is 2.30. The van der Waals surface area contributed by atoms with Crippen molar-refractivity contribution in [2.75, 3.05) is 31.1 Å². The number of amides is 1. The van der Waals surface area contributed by atoms with Gasteiger partial charge in [-0.1, -0.05) is 48.3 Å². The predicted molar refractivity (Wildman–Crippen MR) is 177 cm³/mol. The molecule has 1 amide bonds. The van der Waals surface area contributed by atoms with Gasteiger partial charge >= 0.3 is 17.6 Å². The maximum atomic E-state index is 13.4. The number of benzene rings is 2. The summed E-state index contributed by atoms with van der Waals surface area (Å²) in [5, 5.41) is 16.6. The van der Waals surface area contributed by atoms with Gasteiger partial charge in [-0.25, -0.2) is 14.4 Å². The van der Waals surface area contributed by atoms with Crippen LogP contribution in [0.15, 0.2) is 65.5 Å². The lowest BCUT2D eigenvalue weighted by Crippen LogP contribution is -2.42. The molecule has 2 aliphatic rings. The Bertz CT molecular complexity index is 1640. The SMILES string of the molecule is CCC(=O)N(CC1CCN(CCn2c(=O)n(C3=CCCC3)c3ccccc32)CC1)c1ccc(Cl)c(Cl)c1.O=C(O)/C=C/C(=O)O. The van der Waals surface area contributed by atoms with Crippen LogP contribution in [0.2, 0.25) is 10.0 Å². The zero-order chi connectivity index (χ0) is 32.5. The van der Waals surface area contributed by atoms with E-state index in [9.17, 15) is 19.2 Å². The lowest BCUT2D eigenvalue weighted by molar-refractivity contribution is -0.134. The monoisotopic (exact) mass is 656 g/mol. The van der Waals surface area contributed by atoms with Crippen molar-refractivity contribution in [1.29, 1.82) is 0 Å². The summed E-state index contributed by atoms with van der Waals surface area (Å²) >= 11 is 12.3. The molecule has 0 atom stereocenters. The van der Waals surface area contributed by atoms with Crippen molar-refractivity contribution in [3.63, 3.8) is 0 Å². The average Bonchev–Trinajstić information content (AvgIpc) is 3.65. The standard InChI is InChI=1S/C29H34Cl2N4O2.C4H4O4/c1-2-28(36)34(23-11-12-24(30)25(31)19-23)20-21-13-15-32(16-14-21)17-18-33-26-9-5-6-10-27(26)35(29(33)37)22-7-3-4-8-22;5-3(6)1-2-4(7)8/h5-7,9-12,19,21H,2-4,8,13-18,20H2,1H3;1-2H,(H,5,6)(H,7,8)/b;2-1+. The Kier molecular flexibility index (Phi) is 12.0. The maximum Gasteiger partial charge on any atom is 0.333 e. The van der Waals surface area contributed by atoms with E-state index < -0.39 is 11.9 Å². The molecule has 45 heavy (non-hydrogen) atoms. The molecular weight excluding hydrogens is 619 g/mol. The van der Waals surface area contributed by atoms with Crippen molar-refractivity contribution in [1.82, 2.24) is 14.0 Å². The highest BCUT2D eigenvalue weighted by Gasteiger charge is 2.25. The number of carboxylic acid groups (broad SMARTS) is 2. The third kappa shape index (κ3) is 8.87. The van der Waals surface area contributed by atoms with Gasteiger partial charge < -0.3 is 20.0 Å². The minimum Gasteiger partial charge on any atom is -0.478 e. The zero-order valence-electron chi connectivity index (χ0n) is 25.2.